The number of nitrogens with one attached hydrogen (secondary N) is 2. The molecule has 0 aliphatic carbocycles. The van der Waals surface area contributed by atoms with E-state index in [2.05, 4.69) is 26.6 Å². The highest BCUT2D eigenvalue weighted by Gasteiger charge is 2.19. The van der Waals surface area contributed by atoms with Crippen molar-refractivity contribution in [1.82, 2.24) is 0 Å². The van der Waals surface area contributed by atoms with Crippen LogP contribution in [0, 0.1) is 10.1 Å². The molecule has 1 aromatic heterocycles. The second-order valence-electron chi connectivity index (χ2n) is 4.45. The molecule has 0 unspecified atom stereocenters. The van der Waals surface area contributed by atoms with E-state index in [9.17, 15) is 10.1 Å². The van der Waals surface area contributed by atoms with Crippen LogP contribution in [0.4, 0.5) is 17.1 Å². The fourth-order valence-electron chi connectivity index (χ4n) is 1.91. The first-order valence-corrected chi connectivity index (χ1v) is 8.22. The summed E-state index contributed by atoms with van der Waals surface area (Å²) in [4.78, 5) is 12.1. The van der Waals surface area contributed by atoms with E-state index in [1.807, 2.05) is 25.1 Å². The summed E-state index contributed by atoms with van der Waals surface area (Å²) in [5, 5.41) is 17.6. The summed E-state index contributed by atoms with van der Waals surface area (Å²) in [7, 11) is 0. The lowest BCUT2D eigenvalue weighted by Gasteiger charge is -2.10. The van der Waals surface area contributed by atoms with E-state index < -0.39 is 0 Å². The van der Waals surface area contributed by atoms with Crippen LogP contribution in [0.2, 0.25) is 0 Å². The highest BCUT2D eigenvalue weighted by atomic mass is 79.9. The van der Waals surface area contributed by atoms with Gasteiger partial charge in [-0.05, 0) is 46.6 Å². The fraction of sp³-hybridized carbons (Fsp3) is 0.286. The van der Waals surface area contributed by atoms with Gasteiger partial charge in [0.1, 0.15) is 11.4 Å². The van der Waals surface area contributed by atoms with E-state index >= 15 is 0 Å². The molecule has 2 N–H and O–H groups in total. The molecular weight excluding hydrogens is 354 g/mol. The molecule has 0 atom stereocenters. The van der Waals surface area contributed by atoms with Crippen molar-refractivity contribution >= 4 is 44.3 Å². The maximum absolute atomic E-state index is 11.3. The van der Waals surface area contributed by atoms with Gasteiger partial charge in [-0.3, -0.25) is 10.1 Å². The number of hydrogen-bond donors (Lipinski definition) is 2. The number of para-hydroxylation sites is 1. The van der Waals surface area contributed by atoms with Gasteiger partial charge in [-0.1, -0.05) is 13.0 Å². The second kappa shape index (κ2) is 7.42. The van der Waals surface area contributed by atoms with Gasteiger partial charge in [0.05, 0.1) is 8.71 Å². The number of halogens is 1. The largest absolute Gasteiger partial charge is 0.379 e. The van der Waals surface area contributed by atoms with Crippen LogP contribution < -0.4 is 10.6 Å². The van der Waals surface area contributed by atoms with Gasteiger partial charge in [-0.25, -0.2) is 0 Å². The number of thiophene rings is 1. The number of nitro groups is 1. The van der Waals surface area contributed by atoms with E-state index in [1.165, 1.54) is 0 Å². The third kappa shape index (κ3) is 4.18. The smallest absolute Gasteiger partial charge is 0.315 e. The topological polar surface area (TPSA) is 67.2 Å². The Balaban J connectivity index is 2.19. The Morgan fingerprint density at radius 3 is 2.52 bits per heavy atom. The van der Waals surface area contributed by atoms with Crippen LogP contribution >= 0.6 is 27.3 Å². The second-order valence-corrected chi connectivity index (χ2v) is 6.99. The van der Waals surface area contributed by atoms with Gasteiger partial charge in [0.15, 0.2) is 0 Å². The Bertz CT molecular complexity index is 630. The van der Waals surface area contributed by atoms with Crippen molar-refractivity contribution in [3.8, 4) is 0 Å². The minimum absolute atomic E-state index is 0.0987. The summed E-state index contributed by atoms with van der Waals surface area (Å²) in [6, 6.07) is 9.25. The van der Waals surface area contributed by atoms with Gasteiger partial charge in [0.2, 0.25) is 0 Å². The molecule has 112 valence electrons. The molecule has 0 saturated carbocycles. The summed E-state index contributed by atoms with van der Waals surface area (Å²) in [5.74, 6) is 0. The standard InChI is InChI=1S/C14H16BrN3O2S/c1-2-8-16-11-4-3-5-12(14(11)18(19)20)17-9-10-6-7-13(15)21-10/h3-7,16-17H,2,8-9H2,1H3. The molecule has 0 radical (unpaired) electrons. The highest BCUT2D eigenvalue weighted by Crippen LogP contribution is 2.33. The first-order valence-electron chi connectivity index (χ1n) is 6.61. The molecule has 0 aliphatic rings. The summed E-state index contributed by atoms with van der Waals surface area (Å²) in [6.07, 6.45) is 0.915. The Labute approximate surface area is 135 Å². The molecule has 0 amide bonds. The van der Waals surface area contributed by atoms with Gasteiger partial charge < -0.3 is 10.6 Å². The van der Waals surface area contributed by atoms with Gasteiger partial charge in [0.25, 0.3) is 0 Å². The van der Waals surface area contributed by atoms with Crippen LogP contribution in [-0.2, 0) is 6.54 Å². The lowest BCUT2D eigenvalue weighted by molar-refractivity contribution is -0.383. The number of nitrogens with zero attached hydrogens (tertiary/aromatic N) is 1. The molecular formula is C14H16BrN3O2S. The normalized spacial score (nSPS) is 10.4. The Morgan fingerprint density at radius 2 is 1.95 bits per heavy atom. The summed E-state index contributed by atoms with van der Waals surface area (Å²) >= 11 is 5.02. The lowest BCUT2D eigenvalue weighted by atomic mass is 10.2. The molecule has 0 aliphatic heterocycles. The molecule has 0 bridgehead atoms. The van der Waals surface area contributed by atoms with Gasteiger partial charge in [-0.2, -0.15) is 0 Å². The van der Waals surface area contributed by atoms with E-state index in [1.54, 1.807) is 23.5 Å². The molecule has 1 aromatic carbocycles. The minimum atomic E-state index is -0.343. The Kier molecular flexibility index (Phi) is 5.58. The average Bonchev–Trinajstić information content (AvgIpc) is 2.88. The van der Waals surface area contributed by atoms with Gasteiger partial charge in [0, 0.05) is 18.0 Å². The summed E-state index contributed by atoms with van der Waals surface area (Å²) in [5.41, 5.74) is 1.19. The highest BCUT2D eigenvalue weighted by molar-refractivity contribution is 9.11. The predicted molar refractivity (Wildman–Crippen MR) is 91.2 cm³/mol. The van der Waals surface area contributed by atoms with E-state index in [-0.39, 0.29) is 10.6 Å². The Hall–Kier alpha value is -1.60. The molecule has 2 aromatic rings. The van der Waals surface area contributed by atoms with Crippen LogP contribution in [0.3, 0.4) is 0 Å². The van der Waals surface area contributed by atoms with E-state index in [0.717, 1.165) is 15.1 Å². The van der Waals surface area contributed by atoms with Crippen molar-refractivity contribution in [2.75, 3.05) is 17.2 Å². The Morgan fingerprint density at radius 1 is 1.24 bits per heavy atom. The molecule has 21 heavy (non-hydrogen) atoms. The first-order chi connectivity index (χ1) is 10.1. The quantitative estimate of drug-likeness (QED) is 0.540. The number of benzene rings is 1. The molecule has 0 saturated heterocycles. The zero-order valence-corrected chi connectivity index (χ0v) is 14.0. The monoisotopic (exact) mass is 369 g/mol. The third-order valence-corrected chi connectivity index (χ3v) is 4.49. The molecule has 7 heteroatoms. The van der Waals surface area contributed by atoms with E-state index in [0.29, 0.717) is 24.5 Å². The maximum atomic E-state index is 11.3. The van der Waals surface area contributed by atoms with Gasteiger partial charge >= 0.3 is 5.69 Å². The lowest BCUT2D eigenvalue weighted by Crippen LogP contribution is -2.06. The summed E-state index contributed by atoms with van der Waals surface area (Å²) < 4.78 is 1.05. The molecule has 0 fully saturated rings. The molecule has 0 spiro atoms. The van der Waals surface area contributed by atoms with Crippen molar-refractivity contribution in [2.45, 2.75) is 19.9 Å². The third-order valence-electron chi connectivity index (χ3n) is 2.87. The maximum Gasteiger partial charge on any atom is 0.315 e. The average molecular weight is 370 g/mol. The van der Waals surface area contributed by atoms with Crippen LogP contribution in [0.15, 0.2) is 34.1 Å². The van der Waals surface area contributed by atoms with Crippen LogP contribution in [-0.4, -0.2) is 11.5 Å². The SMILES string of the molecule is CCCNc1cccc(NCc2ccc(Br)s2)c1[N+](=O)[O-]. The van der Waals surface area contributed by atoms with Crippen molar-refractivity contribution in [3.63, 3.8) is 0 Å². The fourth-order valence-corrected chi connectivity index (χ4v) is 3.34. The zero-order valence-electron chi connectivity index (χ0n) is 11.6. The van der Waals surface area contributed by atoms with Crippen molar-refractivity contribution in [3.05, 3.63) is 49.1 Å². The van der Waals surface area contributed by atoms with Crippen molar-refractivity contribution < 1.29 is 4.92 Å². The first kappa shape index (κ1) is 15.8. The van der Waals surface area contributed by atoms with Crippen LogP contribution in [0.25, 0.3) is 0 Å². The zero-order chi connectivity index (χ0) is 15.2. The summed E-state index contributed by atoms with van der Waals surface area (Å²) in [6.45, 7) is 3.30. The minimum Gasteiger partial charge on any atom is -0.379 e. The molecule has 2 rings (SSSR count). The predicted octanol–water partition coefficient (Wildman–Crippen LogP) is 4.85. The van der Waals surface area contributed by atoms with Crippen molar-refractivity contribution in [2.24, 2.45) is 0 Å². The number of rotatable bonds is 7. The molecule has 5 nitrogen and oxygen atoms in total. The number of anilines is 2. The number of nitro benzene ring substituents is 1. The molecule has 1 heterocycles. The van der Waals surface area contributed by atoms with Crippen molar-refractivity contribution in [1.29, 1.82) is 0 Å². The van der Waals surface area contributed by atoms with E-state index in [4.69, 9.17) is 0 Å². The van der Waals surface area contributed by atoms with Crippen LogP contribution in [0.1, 0.15) is 18.2 Å². The van der Waals surface area contributed by atoms with Crippen LogP contribution in [0.5, 0.6) is 0 Å². The number of hydrogen-bond acceptors (Lipinski definition) is 5. The van der Waals surface area contributed by atoms with Gasteiger partial charge in [-0.15, -0.1) is 11.3 Å².